The molecule has 0 aliphatic carbocycles. The molecule has 0 aromatic carbocycles. The first kappa shape index (κ1) is 20.6. The molecule has 0 saturated carbocycles. The molecule has 2 unspecified atom stereocenters. The molecule has 2 atom stereocenters. The van der Waals surface area contributed by atoms with Crippen LogP contribution in [0, 0.1) is 5.92 Å². The normalized spacial score (nSPS) is 12.8. The molecule has 9 heteroatoms. The van der Waals surface area contributed by atoms with Gasteiger partial charge in [0.15, 0.2) is 6.10 Å². The van der Waals surface area contributed by atoms with E-state index in [1.54, 1.807) is 6.92 Å². The van der Waals surface area contributed by atoms with Gasteiger partial charge in [0.1, 0.15) is 5.92 Å². The van der Waals surface area contributed by atoms with Gasteiger partial charge >= 0.3 is 17.9 Å². The number of hydrogen-bond acceptors (Lipinski definition) is 6. The minimum atomic E-state index is -1.63. The van der Waals surface area contributed by atoms with E-state index in [2.05, 4.69) is 0 Å². The standard InChI is InChI=1S/C9H14O7.C2H6O2/c1-2-3-16-7(9(14)15)5(8(12)13)4-6(10)11;3-1-2-4/h5,7H,2-4H2,1H3,(H,10,11)(H,12,13)(H,14,15);3-4H,1-2H2. The lowest BCUT2D eigenvalue weighted by atomic mass is 9.98. The highest BCUT2D eigenvalue weighted by Crippen LogP contribution is 2.14. The van der Waals surface area contributed by atoms with Crippen molar-refractivity contribution in [2.24, 2.45) is 5.92 Å². The topological polar surface area (TPSA) is 162 Å². The molecule has 5 N–H and O–H groups in total. The monoisotopic (exact) mass is 296 g/mol. The summed E-state index contributed by atoms with van der Waals surface area (Å²) in [5, 5.41) is 41.2. The van der Waals surface area contributed by atoms with E-state index in [1.165, 1.54) is 0 Å². The van der Waals surface area contributed by atoms with Crippen LogP contribution in [0.4, 0.5) is 0 Å². The summed E-state index contributed by atoms with van der Waals surface area (Å²) in [7, 11) is 0. The summed E-state index contributed by atoms with van der Waals surface area (Å²) in [6.07, 6.45) is -1.90. The molecule has 0 bridgehead atoms. The van der Waals surface area contributed by atoms with Crippen LogP contribution in [0.1, 0.15) is 19.8 Å². The number of rotatable bonds is 9. The van der Waals surface area contributed by atoms with Crippen LogP contribution in [-0.2, 0) is 19.1 Å². The molecule has 0 aliphatic heterocycles. The van der Waals surface area contributed by atoms with Crippen molar-refractivity contribution in [1.82, 2.24) is 0 Å². The first-order valence-corrected chi connectivity index (χ1v) is 5.82. The van der Waals surface area contributed by atoms with Crippen LogP contribution in [0.25, 0.3) is 0 Å². The van der Waals surface area contributed by atoms with Crippen molar-refractivity contribution in [2.75, 3.05) is 19.8 Å². The maximum absolute atomic E-state index is 10.8. The highest BCUT2D eigenvalue weighted by Gasteiger charge is 2.36. The molecule has 0 amide bonds. The summed E-state index contributed by atoms with van der Waals surface area (Å²) in [6, 6.07) is 0. The Balaban J connectivity index is 0. The molecule has 0 heterocycles. The number of aliphatic carboxylic acids is 3. The Morgan fingerprint density at radius 1 is 1.00 bits per heavy atom. The number of ether oxygens (including phenoxy) is 1. The minimum Gasteiger partial charge on any atom is -0.481 e. The molecule has 0 radical (unpaired) electrons. The number of carboxylic acids is 3. The SMILES string of the molecule is CCCOC(C(=O)O)C(CC(=O)O)C(=O)O.OCCO. The summed E-state index contributed by atoms with van der Waals surface area (Å²) in [5.41, 5.74) is 0. The lowest BCUT2D eigenvalue weighted by Gasteiger charge is -2.18. The lowest BCUT2D eigenvalue weighted by molar-refractivity contribution is -0.166. The zero-order valence-electron chi connectivity index (χ0n) is 11.1. The van der Waals surface area contributed by atoms with Crippen molar-refractivity contribution in [2.45, 2.75) is 25.9 Å². The summed E-state index contributed by atoms with van der Waals surface area (Å²) in [5.74, 6) is -5.92. The van der Waals surface area contributed by atoms with Crippen LogP contribution >= 0.6 is 0 Å². The van der Waals surface area contributed by atoms with Gasteiger partial charge in [0.2, 0.25) is 0 Å². The predicted molar refractivity (Wildman–Crippen MR) is 65.2 cm³/mol. The summed E-state index contributed by atoms with van der Waals surface area (Å²) in [6.45, 7) is 1.55. The summed E-state index contributed by atoms with van der Waals surface area (Å²) < 4.78 is 4.83. The second-order valence-electron chi connectivity index (χ2n) is 3.62. The van der Waals surface area contributed by atoms with Gasteiger partial charge in [-0.3, -0.25) is 9.59 Å². The molecule has 0 rings (SSSR count). The zero-order valence-corrected chi connectivity index (χ0v) is 11.1. The molecule has 0 fully saturated rings. The third kappa shape index (κ3) is 10.2. The molecule has 0 aliphatic rings. The van der Waals surface area contributed by atoms with Gasteiger partial charge in [-0.05, 0) is 6.42 Å². The minimum absolute atomic E-state index is 0.0698. The number of carbonyl (C=O) groups is 3. The quantitative estimate of drug-likeness (QED) is 0.359. The highest BCUT2D eigenvalue weighted by molar-refractivity contribution is 5.85. The molecule has 0 aromatic rings. The fraction of sp³-hybridized carbons (Fsp3) is 0.727. The van der Waals surface area contributed by atoms with Gasteiger partial charge in [0, 0.05) is 6.61 Å². The van der Waals surface area contributed by atoms with E-state index in [9.17, 15) is 14.4 Å². The first-order chi connectivity index (χ1) is 9.31. The second-order valence-corrected chi connectivity index (χ2v) is 3.62. The number of aliphatic hydroxyl groups excluding tert-OH is 2. The predicted octanol–water partition coefficient (Wildman–Crippen LogP) is -0.987. The van der Waals surface area contributed by atoms with Gasteiger partial charge in [-0.25, -0.2) is 4.79 Å². The molecule has 118 valence electrons. The van der Waals surface area contributed by atoms with Crippen molar-refractivity contribution in [3.63, 3.8) is 0 Å². The van der Waals surface area contributed by atoms with E-state index in [0.29, 0.717) is 6.42 Å². The largest absolute Gasteiger partial charge is 0.481 e. The van der Waals surface area contributed by atoms with Crippen LogP contribution in [0.5, 0.6) is 0 Å². The van der Waals surface area contributed by atoms with E-state index in [0.717, 1.165) is 0 Å². The van der Waals surface area contributed by atoms with Gasteiger partial charge in [-0.15, -0.1) is 0 Å². The molecular weight excluding hydrogens is 276 g/mol. The Morgan fingerprint density at radius 3 is 1.75 bits per heavy atom. The molecule has 20 heavy (non-hydrogen) atoms. The Bertz CT molecular complexity index is 300. The van der Waals surface area contributed by atoms with Crippen molar-refractivity contribution >= 4 is 17.9 Å². The van der Waals surface area contributed by atoms with Gasteiger partial charge in [0.25, 0.3) is 0 Å². The lowest BCUT2D eigenvalue weighted by Crippen LogP contribution is -2.38. The highest BCUT2D eigenvalue weighted by atomic mass is 16.5. The Morgan fingerprint density at radius 2 is 1.50 bits per heavy atom. The molecule has 0 saturated heterocycles. The van der Waals surface area contributed by atoms with E-state index in [-0.39, 0.29) is 19.8 Å². The third-order valence-corrected chi connectivity index (χ3v) is 1.92. The van der Waals surface area contributed by atoms with E-state index in [1.807, 2.05) is 0 Å². The van der Waals surface area contributed by atoms with Crippen molar-refractivity contribution in [1.29, 1.82) is 0 Å². The van der Waals surface area contributed by atoms with Crippen LogP contribution in [0.3, 0.4) is 0 Å². The Kier molecular flexibility index (Phi) is 12.7. The van der Waals surface area contributed by atoms with Gasteiger partial charge in [-0.2, -0.15) is 0 Å². The molecule has 9 nitrogen and oxygen atoms in total. The van der Waals surface area contributed by atoms with Crippen LogP contribution in [0.2, 0.25) is 0 Å². The average molecular weight is 296 g/mol. The van der Waals surface area contributed by atoms with Gasteiger partial charge in [0.05, 0.1) is 19.6 Å². The smallest absolute Gasteiger partial charge is 0.333 e. The van der Waals surface area contributed by atoms with E-state index in [4.69, 9.17) is 30.3 Å². The summed E-state index contributed by atoms with van der Waals surface area (Å²) in [4.78, 5) is 31.9. The van der Waals surface area contributed by atoms with Crippen molar-refractivity contribution in [3.05, 3.63) is 0 Å². The Labute approximate surface area is 115 Å². The first-order valence-electron chi connectivity index (χ1n) is 5.82. The summed E-state index contributed by atoms with van der Waals surface area (Å²) >= 11 is 0. The number of carboxylic acid groups (broad SMARTS) is 3. The Hall–Kier alpha value is -1.71. The van der Waals surface area contributed by atoms with Crippen molar-refractivity contribution < 1.29 is 44.7 Å². The van der Waals surface area contributed by atoms with Gasteiger partial charge < -0.3 is 30.3 Å². The maximum atomic E-state index is 10.8. The fourth-order valence-electron chi connectivity index (χ4n) is 1.12. The molecular formula is C11H20O9. The molecule has 0 aromatic heterocycles. The number of hydrogen-bond donors (Lipinski definition) is 5. The maximum Gasteiger partial charge on any atom is 0.333 e. The molecule has 0 spiro atoms. The van der Waals surface area contributed by atoms with E-state index < -0.39 is 36.4 Å². The number of aliphatic hydroxyl groups is 2. The van der Waals surface area contributed by atoms with Crippen LogP contribution < -0.4 is 0 Å². The second kappa shape index (κ2) is 12.3. The average Bonchev–Trinajstić information content (AvgIpc) is 2.37. The zero-order chi connectivity index (χ0) is 16.1. The third-order valence-electron chi connectivity index (χ3n) is 1.92. The van der Waals surface area contributed by atoms with Crippen LogP contribution in [-0.4, -0.2) is 69.4 Å². The fourth-order valence-corrected chi connectivity index (χ4v) is 1.12. The van der Waals surface area contributed by atoms with Crippen molar-refractivity contribution in [3.8, 4) is 0 Å². The van der Waals surface area contributed by atoms with Crippen LogP contribution in [0.15, 0.2) is 0 Å². The van der Waals surface area contributed by atoms with Gasteiger partial charge in [-0.1, -0.05) is 6.92 Å². The van der Waals surface area contributed by atoms with E-state index >= 15 is 0 Å².